The van der Waals surface area contributed by atoms with E-state index in [4.69, 9.17) is 10.0 Å². The largest absolute Gasteiger partial charge is 0.733 e. The van der Waals surface area contributed by atoms with Crippen molar-refractivity contribution in [2.75, 3.05) is 11.8 Å². The molecule has 1 aromatic rings. The zero-order valence-electron chi connectivity index (χ0n) is 24.5. The minimum Gasteiger partial charge on any atom is -0.733 e. The number of carbonyl (C=O) groups is 2. The molecule has 3 fully saturated rings. The molecule has 3 saturated carbocycles. The Labute approximate surface area is 245 Å². The fraction of sp³-hybridized carbons (Fsp3) is 0.645. The molecule has 0 heterocycles. The van der Waals surface area contributed by atoms with Crippen molar-refractivity contribution in [1.82, 2.24) is 5.32 Å². The quantitative estimate of drug-likeness (QED) is 0.282. The molecule has 4 aliphatic rings. The number of aliphatic carboxylic acids is 1. The Balaban J connectivity index is 1.20. The van der Waals surface area contributed by atoms with Gasteiger partial charge < -0.3 is 35.9 Å². The van der Waals surface area contributed by atoms with Crippen LogP contribution in [0.25, 0.3) is 0 Å². The average molecular weight is 585 g/mol. The van der Waals surface area contributed by atoms with Crippen LogP contribution in [-0.4, -0.2) is 56.4 Å². The van der Waals surface area contributed by atoms with E-state index >= 15 is 0 Å². The Morgan fingerprint density at radius 3 is 2.60 bits per heavy atom. The number of fused-ring (bicyclic) bond motifs is 5. The predicted octanol–water partition coefficient (Wildman–Crippen LogP) is 4.07. The van der Waals surface area contributed by atoms with Gasteiger partial charge in [-0.1, -0.05) is 36.7 Å². The Morgan fingerprint density at radius 2 is 1.88 bits per heavy atom. The summed E-state index contributed by atoms with van der Waals surface area (Å²) >= 11 is 0. The molecule has 0 aliphatic heterocycles. The van der Waals surface area contributed by atoms with E-state index in [1.165, 1.54) is 23.8 Å². The van der Waals surface area contributed by atoms with Crippen LogP contribution < -0.4 is 10.5 Å². The molecule has 42 heavy (non-hydrogen) atoms. The first-order valence-corrected chi connectivity index (χ1v) is 14.9. The van der Waals surface area contributed by atoms with E-state index in [2.05, 4.69) is 30.4 Å². The molecule has 0 bridgehead atoms. The van der Waals surface area contributed by atoms with Gasteiger partial charge in [-0.2, -0.15) is 0 Å². The highest BCUT2D eigenvalue weighted by atomic mass is 16.8. The third kappa shape index (κ3) is 5.32. The smallest absolute Gasteiger partial charge is 0.329 e. The van der Waals surface area contributed by atoms with Crippen LogP contribution >= 0.6 is 0 Å². The Hall–Kier alpha value is -2.99. The van der Waals surface area contributed by atoms with Crippen molar-refractivity contribution in [1.29, 1.82) is 0 Å². The van der Waals surface area contributed by atoms with Crippen molar-refractivity contribution in [2.24, 2.45) is 33.7 Å². The van der Waals surface area contributed by atoms with Gasteiger partial charge in [0.2, 0.25) is 0 Å². The van der Waals surface area contributed by atoms with E-state index in [9.17, 15) is 30.1 Å². The molecule has 11 heteroatoms. The molecule has 5 N–H and O–H groups in total. The number of allylic oxidation sites excluding steroid dienone is 2. The Kier molecular flexibility index (Phi) is 8.17. The molecule has 4 aliphatic carbocycles. The molecule has 230 valence electrons. The van der Waals surface area contributed by atoms with E-state index in [-0.39, 0.29) is 22.1 Å². The van der Waals surface area contributed by atoms with Crippen LogP contribution in [0.3, 0.4) is 0 Å². The molecule has 8 atom stereocenters. The average Bonchev–Trinajstić information content (AvgIpc) is 3.19. The van der Waals surface area contributed by atoms with Crippen LogP contribution in [0.4, 0.5) is 5.69 Å². The molecule has 1 amide bonds. The van der Waals surface area contributed by atoms with Crippen LogP contribution in [0.1, 0.15) is 83.8 Å². The van der Waals surface area contributed by atoms with Gasteiger partial charge in [-0.3, -0.25) is 10.0 Å². The number of carbonyl (C=O) groups excluding carboxylic acids is 1. The summed E-state index contributed by atoms with van der Waals surface area (Å²) in [7, 11) is 0. The van der Waals surface area contributed by atoms with Gasteiger partial charge in [0.05, 0.1) is 17.0 Å². The summed E-state index contributed by atoms with van der Waals surface area (Å²) in [5.41, 5.74) is 1.42. The number of hydrogen-bond donors (Lipinski definition) is 5. The number of carboxylic acids is 1. The molecule has 0 aromatic heterocycles. The zero-order chi connectivity index (χ0) is 30.4. The van der Waals surface area contributed by atoms with Crippen LogP contribution in [-0.2, 0) is 14.4 Å². The number of oxime groups is 1. The van der Waals surface area contributed by atoms with E-state index in [0.29, 0.717) is 24.2 Å². The summed E-state index contributed by atoms with van der Waals surface area (Å²) < 4.78 is 0. The van der Waals surface area contributed by atoms with Crippen molar-refractivity contribution in [3.05, 3.63) is 46.7 Å². The van der Waals surface area contributed by atoms with Gasteiger partial charge in [0.25, 0.3) is 5.91 Å². The van der Waals surface area contributed by atoms with Crippen LogP contribution in [0.5, 0.6) is 0 Å². The summed E-state index contributed by atoms with van der Waals surface area (Å²) in [5, 5.41) is 57.5. The number of aliphatic hydroxyl groups is 2. The first-order chi connectivity index (χ1) is 19.8. The van der Waals surface area contributed by atoms with Gasteiger partial charge in [-0.15, -0.1) is 0 Å². The topological polar surface area (TPSA) is 175 Å². The number of amides is 1. The number of aliphatic hydroxyl groups excluding tert-OH is 1. The first kappa shape index (κ1) is 30.5. The standard InChI is InChI=1S/C31H42N3O8/c1-29-12-9-20(16-19(29)7-8-22-23(29)10-13-30(2)24(22)11-14-31(30,3)39)33-42-17-25(35)32-26(28(37)38)27(36)18-5-4-6-21(15-18)34(40)41/h4-6,15-16,22-24,26-27,36,39-40H,7-14,17H2,1-3H3,(H,32,35)(H,37,38)/q-1/t22-,23-,24+,26-,27+,29-,30+,31-/m0/s1. The Morgan fingerprint density at radius 1 is 1.14 bits per heavy atom. The molecular formula is C31H42N3O8-. The maximum absolute atomic E-state index is 12.5. The van der Waals surface area contributed by atoms with Gasteiger partial charge in [-0.05, 0) is 111 Å². The highest BCUT2D eigenvalue weighted by molar-refractivity contribution is 5.96. The zero-order valence-corrected chi connectivity index (χ0v) is 24.5. The number of nitrogens with one attached hydrogen (secondary N) is 1. The minimum absolute atomic E-state index is 0.0152. The fourth-order valence-corrected chi connectivity index (χ4v) is 8.57. The summed E-state index contributed by atoms with van der Waals surface area (Å²) in [4.78, 5) is 29.6. The van der Waals surface area contributed by atoms with Gasteiger partial charge in [0.1, 0.15) is 6.10 Å². The third-order valence-electron chi connectivity index (χ3n) is 11.2. The highest BCUT2D eigenvalue weighted by Crippen LogP contribution is 2.67. The number of anilines is 1. The van der Waals surface area contributed by atoms with E-state index in [0.717, 1.165) is 56.7 Å². The number of nitrogens with zero attached hydrogens (tertiary/aromatic N) is 2. The predicted molar refractivity (Wildman–Crippen MR) is 154 cm³/mol. The molecule has 0 unspecified atom stereocenters. The second-order valence-corrected chi connectivity index (χ2v) is 13.3. The van der Waals surface area contributed by atoms with E-state index in [1.807, 2.05) is 6.92 Å². The van der Waals surface area contributed by atoms with Crippen LogP contribution in [0, 0.1) is 33.8 Å². The summed E-state index contributed by atoms with van der Waals surface area (Å²) in [6, 6.07) is 3.45. The van der Waals surface area contributed by atoms with Gasteiger partial charge >= 0.3 is 5.97 Å². The lowest BCUT2D eigenvalue weighted by molar-refractivity contribution is -0.146. The number of hydrogen-bond acceptors (Lipinski definition) is 9. The summed E-state index contributed by atoms with van der Waals surface area (Å²) in [5.74, 6) is -0.518. The van der Waals surface area contributed by atoms with E-state index < -0.39 is 41.5 Å². The maximum atomic E-state index is 12.5. The second-order valence-electron chi connectivity index (χ2n) is 13.3. The SMILES string of the molecule is C[C@]12CCC(=NOCC(=O)N[C@H](C(=O)O)[C@H](O)c3cccc(N([O-])O)c3)C=C1CC[C@@H]1[C@H]3CC[C@](C)(O)[C@]3(C)CC[C@@H]12. The molecule has 11 nitrogen and oxygen atoms in total. The molecular weight excluding hydrogens is 542 g/mol. The lowest BCUT2D eigenvalue weighted by Gasteiger charge is -2.59. The highest BCUT2D eigenvalue weighted by Gasteiger charge is 2.62. The number of rotatable bonds is 8. The van der Waals surface area contributed by atoms with Crippen molar-refractivity contribution in [3.63, 3.8) is 0 Å². The number of carboxylic acid groups (broad SMARTS) is 1. The second kappa shape index (κ2) is 11.3. The molecule has 0 spiro atoms. The Bertz CT molecular complexity index is 1280. The fourth-order valence-electron chi connectivity index (χ4n) is 8.57. The van der Waals surface area contributed by atoms with E-state index in [1.54, 1.807) is 0 Å². The van der Waals surface area contributed by atoms with Crippen molar-refractivity contribution in [3.8, 4) is 0 Å². The summed E-state index contributed by atoms with van der Waals surface area (Å²) in [6.07, 6.45) is 8.28. The minimum atomic E-state index is -1.71. The van der Waals surface area contributed by atoms with Gasteiger partial charge in [0, 0.05) is 0 Å². The monoisotopic (exact) mass is 584 g/mol. The number of benzene rings is 1. The van der Waals surface area contributed by atoms with Crippen LogP contribution in [0.15, 0.2) is 41.1 Å². The molecule has 1 aromatic carbocycles. The van der Waals surface area contributed by atoms with Crippen molar-refractivity contribution < 1.29 is 35.0 Å². The molecule has 0 radical (unpaired) electrons. The third-order valence-corrected chi connectivity index (χ3v) is 11.2. The summed E-state index contributed by atoms with van der Waals surface area (Å²) in [6.45, 7) is 6.16. The van der Waals surface area contributed by atoms with Crippen molar-refractivity contribution >= 4 is 23.3 Å². The van der Waals surface area contributed by atoms with Crippen LogP contribution in [0.2, 0.25) is 0 Å². The van der Waals surface area contributed by atoms with Crippen molar-refractivity contribution in [2.45, 2.75) is 89.9 Å². The van der Waals surface area contributed by atoms with Gasteiger partial charge in [0.15, 0.2) is 12.6 Å². The lowest BCUT2D eigenvalue weighted by atomic mass is 9.46. The lowest BCUT2D eigenvalue weighted by Crippen LogP contribution is -2.53. The normalized spacial score (nSPS) is 36.1. The first-order valence-electron chi connectivity index (χ1n) is 14.9. The molecule has 0 saturated heterocycles. The van der Waals surface area contributed by atoms with Gasteiger partial charge in [-0.25, -0.2) is 4.79 Å². The molecule has 5 rings (SSSR count). The maximum Gasteiger partial charge on any atom is 0.329 e.